The third-order valence-corrected chi connectivity index (χ3v) is 6.85. The highest BCUT2D eigenvalue weighted by Gasteiger charge is 2.48. The zero-order chi connectivity index (χ0) is 22.5. The average Bonchev–Trinajstić information content (AvgIpc) is 3.44. The summed E-state index contributed by atoms with van der Waals surface area (Å²) in [6.07, 6.45) is 2.70. The van der Waals surface area contributed by atoms with E-state index in [1.165, 1.54) is 4.90 Å². The van der Waals surface area contributed by atoms with Crippen molar-refractivity contribution in [2.45, 2.75) is 30.3 Å². The SMILES string of the molecule is CC1=NCC(c2cc3nccn3c(-c3cnn(C4(CC#N)CN(CC(F)(F)F)C4)c3)n2)S1. The highest BCUT2D eigenvalue weighted by molar-refractivity contribution is 8.14. The van der Waals surface area contributed by atoms with Crippen molar-refractivity contribution >= 4 is 22.5 Å². The quantitative estimate of drug-likeness (QED) is 0.581. The molecular weight excluding hydrogens is 441 g/mol. The molecule has 0 aliphatic carbocycles. The molecule has 3 aromatic rings. The smallest absolute Gasteiger partial charge is 0.290 e. The van der Waals surface area contributed by atoms with Gasteiger partial charge in [-0.1, -0.05) is 11.8 Å². The van der Waals surface area contributed by atoms with Crippen LogP contribution in [0.2, 0.25) is 0 Å². The summed E-state index contributed by atoms with van der Waals surface area (Å²) in [6.45, 7) is 1.86. The fourth-order valence-corrected chi connectivity index (χ4v) is 5.24. The minimum atomic E-state index is -4.27. The molecule has 5 rings (SSSR count). The Labute approximate surface area is 185 Å². The van der Waals surface area contributed by atoms with Gasteiger partial charge in [0.1, 0.15) is 17.0 Å². The van der Waals surface area contributed by atoms with E-state index >= 15 is 0 Å². The number of aliphatic imine (C=N–C) groups is 1. The number of rotatable bonds is 5. The van der Waals surface area contributed by atoms with Gasteiger partial charge in [-0.15, -0.1) is 0 Å². The molecule has 2 aliphatic heterocycles. The number of nitriles is 1. The Morgan fingerprint density at radius 2 is 2.16 bits per heavy atom. The average molecular weight is 460 g/mol. The number of halogens is 3. The zero-order valence-corrected chi connectivity index (χ0v) is 17.9. The standard InChI is InChI=1S/C20H19F3N8S/c1-13-26-8-16(32-13)15-6-17-25-4-5-30(17)18(28-15)14-7-27-31(9-14)19(2-3-24)10-29(11-19)12-20(21,22)23/h4-7,9,16H,2,8,10-12H2,1H3. The lowest BCUT2D eigenvalue weighted by Crippen LogP contribution is -2.64. The largest absolute Gasteiger partial charge is 0.401 e. The highest BCUT2D eigenvalue weighted by Crippen LogP contribution is 2.37. The fourth-order valence-electron chi connectivity index (χ4n) is 4.29. The van der Waals surface area contributed by atoms with E-state index in [-0.39, 0.29) is 24.8 Å². The molecule has 0 radical (unpaired) electrons. The Hall–Kier alpha value is -2.91. The van der Waals surface area contributed by atoms with E-state index in [2.05, 4.69) is 21.1 Å². The van der Waals surface area contributed by atoms with E-state index < -0.39 is 18.3 Å². The van der Waals surface area contributed by atoms with Crippen LogP contribution in [-0.4, -0.2) is 66.4 Å². The second kappa shape index (κ2) is 7.60. The van der Waals surface area contributed by atoms with Gasteiger partial charge >= 0.3 is 6.18 Å². The third-order valence-electron chi connectivity index (χ3n) is 5.71. The maximum absolute atomic E-state index is 12.7. The van der Waals surface area contributed by atoms with Gasteiger partial charge in [-0.3, -0.25) is 19.0 Å². The summed E-state index contributed by atoms with van der Waals surface area (Å²) < 4.78 is 41.7. The molecule has 0 aromatic carbocycles. The maximum Gasteiger partial charge on any atom is 0.401 e. The van der Waals surface area contributed by atoms with E-state index in [4.69, 9.17) is 4.98 Å². The van der Waals surface area contributed by atoms with Crippen molar-refractivity contribution < 1.29 is 13.2 Å². The van der Waals surface area contributed by atoms with Crippen molar-refractivity contribution in [3.63, 3.8) is 0 Å². The minimum absolute atomic E-state index is 0.0752. The molecule has 0 bridgehead atoms. The van der Waals surface area contributed by atoms with Crippen LogP contribution in [0.4, 0.5) is 13.2 Å². The number of nitrogens with zero attached hydrogens (tertiary/aromatic N) is 8. The van der Waals surface area contributed by atoms with Gasteiger partial charge in [0.15, 0.2) is 0 Å². The van der Waals surface area contributed by atoms with Crippen LogP contribution in [0.1, 0.15) is 24.3 Å². The number of alkyl halides is 3. The molecule has 12 heteroatoms. The molecule has 1 atom stereocenters. The molecular formula is C20H19F3N8S. The number of hydrogen-bond donors (Lipinski definition) is 0. The lowest BCUT2D eigenvalue weighted by atomic mass is 9.87. The van der Waals surface area contributed by atoms with Crippen LogP contribution in [0, 0.1) is 11.3 Å². The molecule has 3 aromatic heterocycles. The van der Waals surface area contributed by atoms with Gasteiger partial charge in [-0.05, 0) is 6.92 Å². The number of imidazole rings is 1. The Kier molecular flexibility index (Phi) is 4.98. The van der Waals surface area contributed by atoms with Crippen LogP contribution in [0.3, 0.4) is 0 Å². The summed E-state index contributed by atoms with van der Waals surface area (Å²) in [5.41, 5.74) is 1.54. The Morgan fingerprint density at radius 3 is 2.84 bits per heavy atom. The van der Waals surface area contributed by atoms with Crippen LogP contribution < -0.4 is 0 Å². The van der Waals surface area contributed by atoms with Crippen molar-refractivity contribution in [2.24, 2.45) is 4.99 Å². The first kappa shape index (κ1) is 21.0. The molecule has 0 saturated carbocycles. The van der Waals surface area contributed by atoms with Gasteiger partial charge < -0.3 is 0 Å². The summed E-state index contributed by atoms with van der Waals surface area (Å²) >= 11 is 1.66. The van der Waals surface area contributed by atoms with Crippen LogP contribution in [0.15, 0.2) is 35.8 Å². The monoisotopic (exact) mass is 460 g/mol. The Morgan fingerprint density at radius 1 is 1.34 bits per heavy atom. The van der Waals surface area contributed by atoms with Crippen LogP contribution in [0.25, 0.3) is 17.0 Å². The number of aromatic nitrogens is 5. The molecule has 0 N–H and O–H groups in total. The molecule has 1 unspecified atom stereocenters. The van der Waals surface area contributed by atoms with Crippen molar-refractivity contribution in [3.8, 4) is 17.5 Å². The predicted octanol–water partition coefficient (Wildman–Crippen LogP) is 3.29. The molecule has 1 fully saturated rings. The van der Waals surface area contributed by atoms with Gasteiger partial charge in [0.25, 0.3) is 0 Å². The van der Waals surface area contributed by atoms with E-state index in [9.17, 15) is 18.4 Å². The summed E-state index contributed by atoms with van der Waals surface area (Å²) in [7, 11) is 0. The van der Waals surface area contributed by atoms with Gasteiger partial charge in [0, 0.05) is 37.7 Å². The van der Waals surface area contributed by atoms with E-state index in [1.807, 2.05) is 23.6 Å². The molecule has 8 nitrogen and oxygen atoms in total. The van der Waals surface area contributed by atoms with Crippen molar-refractivity contribution in [3.05, 3.63) is 36.5 Å². The third kappa shape index (κ3) is 3.75. The topological polar surface area (TPSA) is 87.4 Å². The van der Waals surface area contributed by atoms with Crippen molar-refractivity contribution in [1.29, 1.82) is 5.26 Å². The number of thioether (sulfide) groups is 1. The van der Waals surface area contributed by atoms with Crippen molar-refractivity contribution in [2.75, 3.05) is 26.2 Å². The molecule has 1 saturated heterocycles. The lowest BCUT2D eigenvalue weighted by molar-refractivity contribution is -0.167. The normalized spacial score (nSPS) is 20.8. The first-order valence-electron chi connectivity index (χ1n) is 10.00. The summed E-state index contributed by atoms with van der Waals surface area (Å²) in [6, 6.07) is 4.04. The number of hydrogen-bond acceptors (Lipinski definition) is 7. The van der Waals surface area contributed by atoms with Gasteiger partial charge in [0.2, 0.25) is 0 Å². The molecule has 2 aliphatic rings. The summed E-state index contributed by atoms with van der Waals surface area (Å²) in [5, 5.41) is 14.8. The molecule has 0 spiro atoms. The van der Waals surface area contributed by atoms with E-state index in [0.717, 1.165) is 16.4 Å². The zero-order valence-electron chi connectivity index (χ0n) is 17.1. The maximum atomic E-state index is 12.7. The molecule has 5 heterocycles. The first-order valence-corrected chi connectivity index (χ1v) is 10.9. The summed E-state index contributed by atoms with van der Waals surface area (Å²) in [5.74, 6) is 0.644. The Bertz CT molecular complexity index is 1230. The summed E-state index contributed by atoms with van der Waals surface area (Å²) in [4.78, 5) is 15.0. The van der Waals surface area contributed by atoms with Crippen LogP contribution in [-0.2, 0) is 5.54 Å². The minimum Gasteiger partial charge on any atom is -0.290 e. The molecule has 0 amide bonds. The second-order valence-electron chi connectivity index (χ2n) is 8.12. The van der Waals surface area contributed by atoms with Gasteiger partial charge in [0.05, 0.1) is 53.3 Å². The fraction of sp³-hybridized carbons (Fsp3) is 0.450. The second-order valence-corrected chi connectivity index (χ2v) is 9.51. The Balaban J connectivity index is 1.47. The highest BCUT2D eigenvalue weighted by atomic mass is 32.2. The number of likely N-dealkylation sites (tertiary alicyclic amines) is 1. The molecule has 166 valence electrons. The van der Waals surface area contributed by atoms with Crippen molar-refractivity contribution in [1.82, 2.24) is 29.0 Å². The number of fused-ring (bicyclic) bond motifs is 1. The first-order chi connectivity index (χ1) is 15.3. The van der Waals surface area contributed by atoms with E-state index in [0.29, 0.717) is 17.9 Å². The van der Waals surface area contributed by atoms with E-state index in [1.54, 1.807) is 35.0 Å². The van der Waals surface area contributed by atoms with Gasteiger partial charge in [-0.25, -0.2) is 9.97 Å². The lowest BCUT2D eigenvalue weighted by Gasteiger charge is -2.49. The van der Waals surface area contributed by atoms with Crippen LogP contribution >= 0.6 is 11.8 Å². The molecule has 32 heavy (non-hydrogen) atoms. The van der Waals surface area contributed by atoms with Crippen LogP contribution in [0.5, 0.6) is 0 Å². The van der Waals surface area contributed by atoms with Gasteiger partial charge in [-0.2, -0.15) is 23.5 Å². The predicted molar refractivity (Wildman–Crippen MR) is 113 cm³/mol.